The molecule has 0 aromatic heterocycles. The van der Waals surface area contributed by atoms with E-state index in [1.807, 2.05) is 0 Å². The van der Waals surface area contributed by atoms with Crippen LogP contribution in [0.2, 0.25) is 0 Å². The average Bonchev–Trinajstić information content (AvgIpc) is 2.81. The van der Waals surface area contributed by atoms with Crippen LogP contribution in [0.4, 0.5) is 0 Å². The highest BCUT2D eigenvalue weighted by Crippen LogP contribution is 2.48. The van der Waals surface area contributed by atoms with Crippen LogP contribution in [0.1, 0.15) is 32.1 Å². The number of ether oxygens (including phenoxy) is 2. The van der Waals surface area contributed by atoms with Gasteiger partial charge >= 0.3 is 0 Å². The number of hydrogen-bond acceptors (Lipinski definition) is 3. The highest BCUT2D eigenvalue weighted by atomic mass is 16.5. The van der Waals surface area contributed by atoms with Crippen molar-refractivity contribution in [1.29, 1.82) is 0 Å². The van der Waals surface area contributed by atoms with Gasteiger partial charge in [0.05, 0.1) is 6.10 Å². The molecule has 2 fully saturated rings. The molecule has 3 nitrogen and oxygen atoms in total. The molecule has 1 unspecified atom stereocenters. The lowest BCUT2D eigenvalue weighted by molar-refractivity contribution is 0.107. The monoisotopic (exact) mass is 213 g/mol. The first kappa shape index (κ1) is 11.4. The maximum absolute atomic E-state index is 5.58. The Morgan fingerprint density at radius 1 is 1.47 bits per heavy atom. The molecule has 2 aliphatic rings. The second kappa shape index (κ2) is 5.28. The van der Waals surface area contributed by atoms with Crippen LogP contribution in [-0.2, 0) is 9.47 Å². The first-order chi connectivity index (χ1) is 7.35. The first-order valence-corrected chi connectivity index (χ1v) is 6.16. The van der Waals surface area contributed by atoms with Gasteiger partial charge in [-0.05, 0) is 37.5 Å². The summed E-state index contributed by atoms with van der Waals surface area (Å²) in [5, 5.41) is 3.56. The van der Waals surface area contributed by atoms with Crippen LogP contribution < -0.4 is 5.32 Å². The van der Waals surface area contributed by atoms with E-state index in [1.165, 1.54) is 32.1 Å². The summed E-state index contributed by atoms with van der Waals surface area (Å²) >= 11 is 0. The standard InChI is InChI=1S/C12H23NO2/c1-14-8-6-12(4-5-12)10-13-9-11-3-2-7-15-11/h11,13H,2-10H2,1H3. The Bertz CT molecular complexity index is 186. The van der Waals surface area contributed by atoms with E-state index < -0.39 is 0 Å². The van der Waals surface area contributed by atoms with E-state index in [0.717, 1.165) is 26.3 Å². The van der Waals surface area contributed by atoms with Crippen molar-refractivity contribution >= 4 is 0 Å². The summed E-state index contributed by atoms with van der Waals surface area (Å²) < 4.78 is 10.7. The minimum atomic E-state index is 0.475. The summed E-state index contributed by atoms with van der Waals surface area (Å²) in [6.45, 7) is 4.05. The summed E-state index contributed by atoms with van der Waals surface area (Å²) in [7, 11) is 1.79. The molecule has 0 amide bonds. The Balaban J connectivity index is 1.56. The molecule has 88 valence electrons. The number of nitrogens with one attached hydrogen (secondary N) is 1. The van der Waals surface area contributed by atoms with Gasteiger partial charge in [0.2, 0.25) is 0 Å². The Hall–Kier alpha value is -0.120. The zero-order valence-corrected chi connectivity index (χ0v) is 9.76. The van der Waals surface area contributed by atoms with E-state index >= 15 is 0 Å². The fraction of sp³-hybridized carbons (Fsp3) is 1.00. The fourth-order valence-corrected chi connectivity index (χ4v) is 2.31. The van der Waals surface area contributed by atoms with Gasteiger partial charge in [0, 0.05) is 33.4 Å². The third kappa shape index (κ3) is 3.44. The summed E-state index contributed by atoms with van der Waals surface area (Å²) in [4.78, 5) is 0. The predicted octanol–water partition coefficient (Wildman–Crippen LogP) is 1.57. The average molecular weight is 213 g/mol. The number of hydrogen-bond donors (Lipinski definition) is 1. The molecule has 0 spiro atoms. The smallest absolute Gasteiger partial charge is 0.0700 e. The van der Waals surface area contributed by atoms with Crippen LogP contribution in [0.15, 0.2) is 0 Å². The van der Waals surface area contributed by atoms with Gasteiger partial charge in [0.1, 0.15) is 0 Å². The Morgan fingerprint density at radius 3 is 2.93 bits per heavy atom. The summed E-state index contributed by atoms with van der Waals surface area (Å²) in [6, 6.07) is 0. The topological polar surface area (TPSA) is 30.5 Å². The second-order valence-corrected chi connectivity index (χ2v) is 5.01. The maximum Gasteiger partial charge on any atom is 0.0700 e. The van der Waals surface area contributed by atoms with Crippen molar-refractivity contribution < 1.29 is 9.47 Å². The molecule has 0 aromatic carbocycles. The third-order valence-corrected chi connectivity index (χ3v) is 3.69. The first-order valence-electron chi connectivity index (χ1n) is 6.16. The quantitative estimate of drug-likeness (QED) is 0.696. The number of methoxy groups -OCH3 is 1. The Kier molecular flexibility index (Phi) is 4.00. The lowest BCUT2D eigenvalue weighted by Crippen LogP contribution is -2.31. The molecule has 1 aliphatic heterocycles. The van der Waals surface area contributed by atoms with Crippen LogP contribution in [0.25, 0.3) is 0 Å². The summed E-state index contributed by atoms with van der Waals surface area (Å²) in [5.74, 6) is 0. The molecule has 0 bridgehead atoms. The van der Waals surface area contributed by atoms with Crippen molar-refractivity contribution in [3.8, 4) is 0 Å². The van der Waals surface area contributed by atoms with E-state index in [4.69, 9.17) is 9.47 Å². The Morgan fingerprint density at radius 2 is 2.33 bits per heavy atom. The molecule has 0 radical (unpaired) electrons. The van der Waals surface area contributed by atoms with Gasteiger partial charge < -0.3 is 14.8 Å². The zero-order valence-electron chi connectivity index (χ0n) is 9.76. The van der Waals surface area contributed by atoms with Crippen molar-refractivity contribution in [3.63, 3.8) is 0 Å². The van der Waals surface area contributed by atoms with E-state index in [-0.39, 0.29) is 0 Å². The lowest BCUT2D eigenvalue weighted by Gasteiger charge is -2.17. The predicted molar refractivity (Wildman–Crippen MR) is 60.0 cm³/mol. The lowest BCUT2D eigenvalue weighted by atomic mass is 10.0. The molecule has 15 heavy (non-hydrogen) atoms. The molecule has 1 saturated heterocycles. The van der Waals surface area contributed by atoms with Crippen molar-refractivity contribution in [3.05, 3.63) is 0 Å². The number of rotatable bonds is 7. The Labute approximate surface area is 92.5 Å². The van der Waals surface area contributed by atoms with Crippen molar-refractivity contribution in [2.75, 3.05) is 33.4 Å². The van der Waals surface area contributed by atoms with Gasteiger partial charge in [-0.2, -0.15) is 0 Å². The third-order valence-electron chi connectivity index (χ3n) is 3.69. The minimum absolute atomic E-state index is 0.475. The second-order valence-electron chi connectivity index (χ2n) is 5.01. The molecule has 1 N–H and O–H groups in total. The van der Waals surface area contributed by atoms with Gasteiger partial charge in [-0.15, -0.1) is 0 Å². The van der Waals surface area contributed by atoms with Crippen LogP contribution >= 0.6 is 0 Å². The van der Waals surface area contributed by atoms with E-state index in [9.17, 15) is 0 Å². The van der Waals surface area contributed by atoms with Crippen LogP contribution in [0.5, 0.6) is 0 Å². The molecular weight excluding hydrogens is 190 g/mol. The van der Waals surface area contributed by atoms with Gasteiger partial charge in [0.15, 0.2) is 0 Å². The SMILES string of the molecule is COCCC1(CNCC2CCCO2)CC1. The molecule has 1 aliphatic carbocycles. The normalized spacial score (nSPS) is 28.2. The van der Waals surface area contributed by atoms with Crippen molar-refractivity contribution in [2.45, 2.75) is 38.2 Å². The highest BCUT2D eigenvalue weighted by Gasteiger charge is 2.41. The highest BCUT2D eigenvalue weighted by molar-refractivity contribution is 4.94. The van der Waals surface area contributed by atoms with E-state index in [1.54, 1.807) is 7.11 Å². The molecule has 1 heterocycles. The van der Waals surface area contributed by atoms with Gasteiger partial charge in [0.25, 0.3) is 0 Å². The summed E-state index contributed by atoms with van der Waals surface area (Å²) in [6.07, 6.45) is 6.90. The van der Waals surface area contributed by atoms with Gasteiger partial charge in [-0.25, -0.2) is 0 Å². The van der Waals surface area contributed by atoms with E-state index in [2.05, 4.69) is 5.32 Å². The molecule has 0 aromatic rings. The molecule has 1 atom stereocenters. The fourth-order valence-electron chi connectivity index (χ4n) is 2.31. The van der Waals surface area contributed by atoms with E-state index in [0.29, 0.717) is 11.5 Å². The van der Waals surface area contributed by atoms with Crippen LogP contribution in [0, 0.1) is 5.41 Å². The van der Waals surface area contributed by atoms with Gasteiger partial charge in [-0.1, -0.05) is 0 Å². The van der Waals surface area contributed by atoms with Crippen molar-refractivity contribution in [2.24, 2.45) is 5.41 Å². The minimum Gasteiger partial charge on any atom is -0.385 e. The summed E-state index contributed by atoms with van der Waals surface area (Å²) in [5.41, 5.74) is 0.564. The molecule has 1 saturated carbocycles. The zero-order chi connectivity index (χ0) is 10.6. The molecular formula is C12H23NO2. The molecule has 3 heteroatoms. The molecule has 2 rings (SSSR count). The van der Waals surface area contributed by atoms with Gasteiger partial charge in [-0.3, -0.25) is 0 Å². The largest absolute Gasteiger partial charge is 0.385 e. The van der Waals surface area contributed by atoms with Crippen LogP contribution in [-0.4, -0.2) is 39.5 Å². The maximum atomic E-state index is 5.58. The van der Waals surface area contributed by atoms with Crippen molar-refractivity contribution in [1.82, 2.24) is 5.32 Å². The van der Waals surface area contributed by atoms with Crippen LogP contribution in [0.3, 0.4) is 0 Å².